The highest BCUT2D eigenvalue weighted by Gasteiger charge is 2.33. The first kappa shape index (κ1) is 15.6. The van der Waals surface area contributed by atoms with Gasteiger partial charge in [0.2, 0.25) is 5.91 Å². The summed E-state index contributed by atoms with van der Waals surface area (Å²) in [5.41, 5.74) is 2.30. The maximum atomic E-state index is 13.1. The standard InChI is InChI=1S/C18H17N3OS2/c1-11-9-13-5-3-4-6-15(13)21(11)18(22)12(2)24-17-14-7-8-23-16(14)19-10-20-17/h3-8,10-12H,9H2,1-2H3/t11-,12-/m1/s1. The van der Waals surface area contributed by atoms with E-state index < -0.39 is 0 Å². The molecule has 3 heterocycles. The minimum Gasteiger partial charge on any atom is -0.308 e. The predicted octanol–water partition coefficient (Wildman–Crippen LogP) is 4.15. The molecule has 3 aromatic rings. The summed E-state index contributed by atoms with van der Waals surface area (Å²) >= 11 is 3.11. The number of fused-ring (bicyclic) bond motifs is 2. The quantitative estimate of drug-likeness (QED) is 0.523. The zero-order valence-electron chi connectivity index (χ0n) is 13.5. The van der Waals surface area contributed by atoms with Crippen LogP contribution in [0.5, 0.6) is 0 Å². The highest BCUT2D eigenvalue weighted by Crippen LogP contribution is 2.36. The van der Waals surface area contributed by atoms with Gasteiger partial charge in [-0.3, -0.25) is 4.79 Å². The maximum Gasteiger partial charge on any atom is 0.240 e. The average Bonchev–Trinajstić information content (AvgIpc) is 3.18. The van der Waals surface area contributed by atoms with Gasteiger partial charge in [0, 0.05) is 17.1 Å². The monoisotopic (exact) mass is 355 g/mol. The number of amides is 1. The number of nitrogens with zero attached hydrogens (tertiary/aromatic N) is 3. The number of hydrogen-bond donors (Lipinski definition) is 0. The van der Waals surface area contributed by atoms with Gasteiger partial charge in [0.05, 0.1) is 5.25 Å². The van der Waals surface area contributed by atoms with Crippen LogP contribution in [0.25, 0.3) is 10.2 Å². The summed E-state index contributed by atoms with van der Waals surface area (Å²) in [5.74, 6) is 0.138. The molecular formula is C18H17N3OS2. The second-order valence-electron chi connectivity index (χ2n) is 5.97. The molecule has 2 aromatic heterocycles. The number of anilines is 1. The summed E-state index contributed by atoms with van der Waals surface area (Å²) in [6, 6.07) is 10.4. The molecule has 0 radical (unpaired) electrons. The van der Waals surface area contributed by atoms with Crippen molar-refractivity contribution in [3.8, 4) is 0 Å². The Bertz CT molecular complexity index is 908. The smallest absolute Gasteiger partial charge is 0.240 e. The minimum absolute atomic E-state index is 0.138. The maximum absolute atomic E-state index is 13.1. The summed E-state index contributed by atoms with van der Waals surface area (Å²) in [6.07, 6.45) is 2.49. The lowest BCUT2D eigenvalue weighted by molar-refractivity contribution is -0.118. The topological polar surface area (TPSA) is 46.1 Å². The Hall–Kier alpha value is -1.92. The van der Waals surface area contributed by atoms with Gasteiger partial charge >= 0.3 is 0 Å². The molecule has 0 saturated carbocycles. The van der Waals surface area contributed by atoms with Crippen LogP contribution >= 0.6 is 23.1 Å². The molecule has 1 aromatic carbocycles. The van der Waals surface area contributed by atoms with Gasteiger partial charge < -0.3 is 4.90 Å². The number of aromatic nitrogens is 2. The van der Waals surface area contributed by atoms with Crippen LogP contribution < -0.4 is 4.90 Å². The van der Waals surface area contributed by atoms with Gasteiger partial charge in [0.25, 0.3) is 0 Å². The van der Waals surface area contributed by atoms with Crippen LogP contribution in [0.2, 0.25) is 0 Å². The molecule has 0 fully saturated rings. The fourth-order valence-electron chi connectivity index (χ4n) is 3.18. The Morgan fingerprint density at radius 1 is 1.33 bits per heavy atom. The van der Waals surface area contributed by atoms with Gasteiger partial charge in [-0.05, 0) is 43.3 Å². The molecule has 2 atom stereocenters. The molecule has 0 aliphatic carbocycles. The highest BCUT2D eigenvalue weighted by molar-refractivity contribution is 8.00. The number of thiophene rings is 1. The first-order valence-corrected chi connectivity index (χ1v) is 9.67. The van der Waals surface area contributed by atoms with Crippen LogP contribution in [0.4, 0.5) is 5.69 Å². The van der Waals surface area contributed by atoms with E-state index in [4.69, 9.17) is 0 Å². The largest absolute Gasteiger partial charge is 0.308 e. The van der Waals surface area contributed by atoms with Crippen molar-refractivity contribution in [2.75, 3.05) is 4.90 Å². The summed E-state index contributed by atoms with van der Waals surface area (Å²) < 4.78 is 0. The van der Waals surface area contributed by atoms with E-state index >= 15 is 0 Å². The lowest BCUT2D eigenvalue weighted by atomic mass is 10.1. The van der Waals surface area contributed by atoms with Gasteiger partial charge in [-0.25, -0.2) is 9.97 Å². The van der Waals surface area contributed by atoms with Crippen molar-refractivity contribution in [2.45, 2.75) is 36.6 Å². The van der Waals surface area contributed by atoms with Gasteiger partial charge in [-0.2, -0.15) is 0 Å². The third kappa shape index (κ3) is 2.59. The van der Waals surface area contributed by atoms with E-state index in [1.807, 2.05) is 41.5 Å². The number of rotatable bonds is 3. The minimum atomic E-state index is -0.198. The van der Waals surface area contributed by atoms with Crippen LogP contribution in [0.3, 0.4) is 0 Å². The molecule has 4 nitrogen and oxygen atoms in total. The Kier molecular flexibility index (Phi) is 4.02. The van der Waals surface area contributed by atoms with E-state index in [1.54, 1.807) is 17.7 Å². The van der Waals surface area contributed by atoms with E-state index in [2.05, 4.69) is 23.0 Å². The van der Waals surface area contributed by atoms with Crippen LogP contribution in [0, 0.1) is 0 Å². The molecule has 0 unspecified atom stereocenters. The summed E-state index contributed by atoms with van der Waals surface area (Å²) in [6.45, 7) is 4.07. The Balaban J connectivity index is 1.60. The molecule has 0 saturated heterocycles. The van der Waals surface area contributed by atoms with Crippen molar-refractivity contribution in [2.24, 2.45) is 0 Å². The number of benzene rings is 1. The lowest BCUT2D eigenvalue weighted by Gasteiger charge is -2.25. The third-order valence-electron chi connectivity index (χ3n) is 4.31. The first-order valence-electron chi connectivity index (χ1n) is 7.91. The predicted molar refractivity (Wildman–Crippen MR) is 99.8 cm³/mol. The molecule has 6 heteroatoms. The summed E-state index contributed by atoms with van der Waals surface area (Å²) in [7, 11) is 0. The lowest BCUT2D eigenvalue weighted by Crippen LogP contribution is -2.40. The van der Waals surface area contributed by atoms with Crippen molar-refractivity contribution < 1.29 is 4.79 Å². The summed E-state index contributed by atoms with van der Waals surface area (Å²) in [5, 5.41) is 3.72. The Morgan fingerprint density at radius 2 is 2.17 bits per heavy atom. The van der Waals surface area contributed by atoms with Crippen molar-refractivity contribution in [3.05, 3.63) is 47.6 Å². The van der Waals surface area contributed by atoms with E-state index in [1.165, 1.54) is 17.3 Å². The van der Waals surface area contributed by atoms with Crippen molar-refractivity contribution >= 4 is 44.9 Å². The van der Waals surface area contributed by atoms with Crippen molar-refractivity contribution in [1.82, 2.24) is 9.97 Å². The normalized spacial score (nSPS) is 17.9. The first-order chi connectivity index (χ1) is 11.6. The van der Waals surface area contributed by atoms with E-state index in [0.29, 0.717) is 0 Å². The number of carbonyl (C=O) groups is 1. The van der Waals surface area contributed by atoms with Crippen LogP contribution in [-0.2, 0) is 11.2 Å². The molecule has 1 aliphatic rings. The van der Waals surface area contributed by atoms with Gasteiger partial charge in [-0.1, -0.05) is 30.0 Å². The molecule has 24 heavy (non-hydrogen) atoms. The molecular weight excluding hydrogens is 338 g/mol. The summed E-state index contributed by atoms with van der Waals surface area (Å²) in [4.78, 5) is 24.6. The van der Waals surface area contributed by atoms with E-state index in [0.717, 1.165) is 27.4 Å². The number of thioether (sulfide) groups is 1. The molecule has 1 amide bonds. The zero-order chi connectivity index (χ0) is 16.7. The SMILES string of the molecule is C[C@@H]1Cc2ccccc2N1C(=O)[C@@H](C)Sc1ncnc2sccc12. The molecule has 1 aliphatic heterocycles. The van der Waals surface area contributed by atoms with E-state index in [9.17, 15) is 4.79 Å². The number of para-hydroxylation sites is 1. The fourth-order valence-corrected chi connectivity index (χ4v) is 4.92. The van der Waals surface area contributed by atoms with Gasteiger partial charge in [0.15, 0.2) is 0 Å². The highest BCUT2D eigenvalue weighted by atomic mass is 32.2. The Labute approximate surface area is 148 Å². The molecule has 0 bridgehead atoms. The van der Waals surface area contributed by atoms with Crippen LogP contribution in [0.1, 0.15) is 19.4 Å². The van der Waals surface area contributed by atoms with Crippen molar-refractivity contribution in [1.29, 1.82) is 0 Å². The van der Waals surface area contributed by atoms with Crippen LogP contribution in [0.15, 0.2) is 47.1 Å². The fraction of sp³-hybridized carbons (Fsp3) is 0.278. The molecule has 0 spiro atoms. The van der Waals surface area contributed by atoms with Gasteiger partial charge in [0.1, 0.15) is 16.2 Å². The average molecular weight is 355 g/mol. The Morgan fingerprint density at radius 3 is 3.04 bits per heavy atom. The third-order valence-corrected chi connectivity index (χ3v) is 6.23. The second-order valence-corrected chi connectivity index (χ2v) is 8.19. The molecule has 122 valence electrons. The number of carbonyl (C=O) groups excluding carboxylic acids is 1. The number of hydrogen-bond acceptors (Lipinski definition) is 5. The zero-order valence-corrected chi connectivity index (χ0v) is 15.1. The molecule has 0 N–H and O–H groups in total. The van der Waals surface area contributed by atoms with Crippen molar-refractivity contribution in [3.63, 3.8) is 0 Å². The second kappa shape index (κ2) is 6.18. The van der Waals surface area contributed by atoms with Crippen LogP contribution in [-0.4, -0.2) is 27.2 Å². The van der Waals surface area contributed by atoms with Gasteiger partial charge in [-0.15, -0.1) is 11.3 Å². The van der Waals surface area contributed by atoms with E-state index in [-0.39, 0.29) is 17.2 Å². The molecule has 4 rings (SSSR count).